The van der Waals surface area contributed by atoms with Crippen LogP contribution in [0.25, 0.3) is 0 Å². The number of carbonyl (C=O) groups is 2. The van der Waals surface area contributed by atoms with Crippen molar-refractivity contribution in [3.05, 3.63) is 0 Å². The molecule has 0 radical (unpaired) electrons. The third-order valence-electron chi connectivity index (χ3n) is 16.2. The minimum absolute atomic E-state index is 0.0199. The van der Waals surface area contributed by atoms with Crippen molar-refractivity contribution >= 4 is 19.8 Å². The fourth-order valence-electron chi connectivity index (χ4n) is 10.7. The van der Waals surface area contributed by atoms with Gasteiger partial charge in [0, 0.05) is 25.9 Å². The third kappa shape index (κ3) is 47.2. The third-order valence-corrected chi connectivity index (χ3v) is 17.7. The van der Waals surface area contributed by atoms with Crippen molar-refractivity contribution in [2.24, 2.45) is 47.3 Å². The van der Waals surface area contributed by atoms with Crippen molar-refractivity contribution in [3.8, 4) is 0 Å². The van der Waals surface area contributed by atoms with Crippen molar-refractivity contribution in [2.75, 3.05) is 52.7 Å². The summed E-state index contributed by atoms with van der Waals surface area (Å²) in [5.41, 5.74) is 0. The Morgan fingerprint density at radius 1 is 0.377 bits per heavy atom. The van der Waals surface area contributed by atoms with Crippen LogP contribution >= 0.6 is 7.82 Å². The molecule has 11 heteroatoms. The average molecular weight is 1110 g/mol. The number of hydrogen-bond donors (Lipinski definition) is 0. The minimum atomic E-state index is -3.71. The molecule has 1 fully saturated rings. The van der Waals surface area contributed by atoms with Gasteiger partial charge < -0.3 is 14.2 Å². The Morgan fingerprint density at radius 2 is 0.675 bits per heavy atom. The van der Waals surface area contributed by atoms with Crippen LogP contribution in [0.1, 0.15) is 301 Å². The molecular weight excluding hydrogens is 982 g/mol. The van der Waals surface area contributed by atoms with Crippen LogP contribution in [0.15, 0.2) is 0 Å². The summed E-state index contributed by atoms with van der Waals surface area (Å²) in [5, 5.41) is 0. The summed E-state index contributed by atoms with van der Waals surface area (Å²) in [6, 6.07) is 0. The monoisotopic (exact) mass is 1110 g/mol. The lowest BCUT2D eigenvalue weighted by Gasteiger charge is -2.26. The molecule has 1 saturated heterocycles. The van der Waals surface area contributed by atoms with E-state index in [1.165, 1.54) is 77.0 Å². The van der Waals surface area contributed by atoms with Crippen LogP contribution in [0.2, 0.25) is 0 Å². The Morgan fingerprint density at radius 3 is 1.00 bits per heavy atom. The first-order chi connectivity index (χ1) is 36.8. The molecule has 10 nitrogen and oxygen atoms in total. The van der Waals surface area contributed by atoms with Gasteiger partial charge in [-0.2, -0.15) is 0 Å². The van der Waals surface area contributed by atoms with Crippen molar-refractivity contribution in [3.63, 3.8) is 0 Å². The predicted molar refractivity (Wildman–Crippen MR) is 325 cm³/mol. The molecule has 4 atom stereocenters. The summed E-state index contributed by atoms with van der Waals surface area (Å²) in [6.07, 6.45) is 35.2. The van der Waals surface area contributed by atoms with E-state index in [1.54, 1.807) is 0 Å². The van der Waals surface area contributed by atoms with E-state index in [0.29, 0.717) is 56.3 Å². The molecule has 0 amide bonds. The van der Waals surface area contributed by atoms with E-state index >= 15 is 0 Å². The maximum absolute atomic E-state index is 13.9. The summed E-state index contributed by atoms with van der Waals surface area (Å²) < 4.78 is 49.5. The van der Waals surface area contributed by atoms with Crippen LogP contribution in [0.4, 0.5) is 0 Å². The smallest absolute Gasteiger partial charge is 0.462 e. The van der Waals surface area contributed by atoms with Crippen molar-refractivity contribution < 1.29 is 41.9 Å². The quantitative estimate of drug-likeness (QED) is 0.0332. The summed E-state index contributed by atoms with van der Waals surface area (Å²) >= 11 is 0. The van der Waals surface area contributed by atoms with E-state index in [2.05, 4.69) is 88.0 Å². The van der Waals surface area contributed by atoms with Gasteiger partial charge in [0.15, 0.2) is 0 Å². The summed E-state index contributed by atoms with van der Waals surface area (Å²) in [5.74, 6) is 5.54. The Bertz CT molecular complexity index is 1270. The Balaban J connectivity index is 2.56. The van der Waals surface area contributed by atoms with Crippen molar-refractivity contribution in [1.82, 2.24) is 4.90 Å². The van der Waals surface area contributed by atoms with Gasteiger partial charge in [0.2, 0.25) is 0 Å². The fraction of sp³-hybridized carbons (Fsp3) is 0.970. The molecule has 0 spiro atoms. The summed E-state index contributed by atoms with van der Waals surface area (Å²) in [7, 11) is -3.71. The van der Waals surface area contributed by atoms with Crippen LogP contribution in [-0.4, -0.2) is 81.7 Å². The summed E-state index contributed by atoms with van der Waals surface area (Å²) in [4.78, 5) is 28.7. The first-order valence-corrected chi connectivity index (χ1v) is 34.5. The summed E-state index contributed by atoms with van der Waals surface area (Å²) in [6.45, 7) is 33.3. The topological polar surface area (TPSA) is 110 Å². The highest BCUT2D eigenvalue weighted by atomic mass is 31.2. The van der Waals surface area contributed by atoms with Crippen LogP contribution < -0.4 is 0 Å². The number of morpholine rings is 1. The number of carbonyl (C=O) groups excluding carboxylic acids is 2. The molecule has 0 bridgehead atoms. The second-order valence-corrected chi connectivity index (χ2v) is 28.1. The first-order valence-electron chi connectivity index (χ1n) is 33.1. The normalized spacial score (nSPS) is 16.7. The molecular formula is C66H130NO9P. The number of hydrogen-bond acceptors (Lipinski definition) is 10. The standard InChI is InChI=1S/C66H130NO9P/c1-55(2)29-25-33-59(9)39-43-63(44-40-60(10)34-26-30-56(3)4)75-65(68)37-19-15-13-17-22-50-72-77(70,74-52-24-21-47-67-48-53-71-54-49-67)73-51-23-18-14-16-20-38-66(69)76-64(45-41-61(11)35-27-31-57(5)6)46-42-62(12)36-28-32-58(7)8/h55-64H,13-54H2,1-12H3. The number of ether oxygens (including phenoxy) is 3. The Kier molecular flexibility index (Phi) is 46.6. The van der Waals surface area contributed by atoms with E-state index in [9.17, 15) is 14.2 Å². The molecule has 0 aromatic rings. The highest BCUT2D eigenvalue weighted by Crippen LogP contribution is 2.50. The first kappa shape index (κ1) is 74.0. The van der Waals surface area contributed by atoms with Gasteiger partial charge in [-0.05, 0) is 144 Å². The van der Waals surface area contributed by atoms with E-state index in [0.717, 1.165) is 185 Å². The van der Waals surface area contributed by atoms with E-state index in [4.69, 9.17) is 27.8 Å². The van der Waals surface area contributed by atoms with Gasteiger partial charge in [-0.3, -0.25) is 28.1 Å². The zero-order valence-electron chi connectivity index (χ0n) is 53.0. The maximum Gasteiger partial charge on any atom is 0.474 e. The van der Waals surface area contributed by atoms with Crippen LogP contribution in [-0.2, 0) is 41.9 Å². The van der Waals surface area contributed by atoms with E-state index in [-0.39, 0.29) is 24.1 Å². The van der Waals surface area contributed by atoms with Crippen LogP contribution in [0, 0.1) is 47.3 Å². The zero-order valence-corrected chi connectivity index (χ0v) is 53.9. The van der Waals surface area contributed by atoms with Crippen molar-refractivity contribution in [2.45, 2.75) is 314 Å². The highest BCUT2D eigenvalue weighted by Gasteiger charge is 2.27. The molecule has 1 aliphatic heterocycles. The van der Waals surface area contributed by atoms with E-state index in [1.807, 2.05) is 0 Å². The van der Waals surface area contributed by atoms with Crippen molar-refractivity contribution in [1.29, 1.82) is 0 Å². The highest BCUT2D eigenvalue weighted by molar-refractivity contribution is 7.48. The van der Waals surface area contributed by atoms with Gasteiger partial charge in [0.05, 0.1) is 33.0 Å². The molecule has 4 unspecified atom stereocenters. The lowest BCUT2D eigenvalue weighted by Crippen LogP contribution is -2.36. The molecule has 1 aliphatic rings. The van der Waals surface area contributed by atoms with Gasteiger partial charge in [-0.25, -0.2) is 4.57 Å². The Hall–Kier alpha value is -1.03. The lowest BCUT2D eigenvalue weighted by atomic mass is 9.91. The number of phosphoric ester groups is 1. The number of nitrogens with zero attached hydrogens (tertiary/aromatic N) is 1. The molecule has 0 saturated carbocycles. The molecule has 77 heavy (non-hydrogen) atoms. The minimum Gasteiger partial charge on any atom is -0.462 e. The number of unbranched alkanes of at least 4 members (excludes halogenated alkanes) is 9. The van der Waals surface area contributed by atoms with Crippen LogP contribution in [0.5, 0.6) is 0 Å². The molecule has 1 heterocycles. The van der Waals surface area contributed by atoms with Gasteiger partial charge in [-0.15, -0.1) is 0 Å². The number of phosphoric acid groups is 1. The molecule has 1 rings (SSSR count). The maximum atomic E-state index is 13.9. The number of esters is 2. The molecule has 458 valence electrons. The fourth-order valence-corrected chi connectivity index (χ4v) is 12.0. The zero-order chi connectivity index (χ0) is 56.9. The number of rotatable bonds is 54. The van der Waals surface area contributed by atoms with Gasteiger partial charge in [0.1, 0.15) is 12.2 Å². The van der Waals surface area contributed by atoms with Crippen LogP contribution in [0.3, 0.4) is 0 Å². The molecule has 0 N–H and O–H groups in total. The lowest BCUT2D eigenvalue weighted by molar-refractivity contribution is -0.151. The molecule has 0 aromatic heterocycles. The predicted octanol–water partition coefficient (Wildman–Crippen LogP) is 19.7. The van der Waals surface area contributed by atoms with Gasteiger partial charge in [-0.1, -0.05) is 199 Å². The van der Waals surface area contributed by atoms with Gasteiger partial charge >= 0.3 is 19.8 Å². The second-order valence-electron chi connectivity index (χ2n) is 26.4. The molecule has 0 aliphatic carbocycles. The average Bonchev–Trinajstić information content (AvgIpc) is 3.37. The largest absolute Gasteiger partial charge is 0.474 e. The van der Waals surface area contributed by atoms with E-state index < -0.39 is 7.82 Å². The van der Waals surface area contributed by atoms with Gasteiger partial charge in [0.25, 0.3) is 0 Å². The SMILES string of the molecule is CC(C)CCCC(C)CCC(CCC(C)CCCC(C)C)OC(=O)CCCCCCCOP(=O)(OCCCCCCCC(=O)OC(CCC(C)CCCC(C)C)CCC(C)CCCC(C)C)OCCCCN1CCOCC1. The Labute approximate surface area is 478 Å². The molecule has 0 aromatic carbocycles. The second kappa shape index (κ2) is 48.5.